The maximum Gasteiger partial charge on any atom is 0.416 e. The summed E-state index contributed by atoms with van der Waals surface area (Å²) >= 11 is 6.22. The van der Waals surface area contributed by atoms with E-state index < -0.39 is 29.3 Å². The SMILES string of the molecule is COc1nc(N(C)C(=O)OC(C)(C)C)ncc1-n1nc(C(=O)O)c(C(Nc2cc(Cl)c(=O)n(C)c2)c2ccc(C#N)cc2)c1C(C)C. The number of anilines is 2. The van der Waals surface area contributed by atoms with Crippen LogP contribution in [0.25, 0.3) is 5.69 Å². The van der Waals surface area contributed by atoms with Gasteiger partial charge in [0.05, 0.1) is 42.4 Å². The summed E-state index contributed by atoms with van der Waals surface area (Å²) in [5.74, 6) is -1.61. The Morgan fingerprint density at radius 3 is 2.38 bits per heavy atom. The lowest BCUT2D eigenvalue weighted by molar-refractivity contribution is 0.0586. The molecule has 1 unspecified atom stereocenters. The fourth-order valence-corrected chi connectivity index (χ4v) is 5.09. The summed E-state index contributed by atoms with van der Waals surface area (Å²) in [5.41, 5.74) is 1.03. The Balaban J connectivity index is 1.95. The molecule has 0 bridgehead atoms. The lowest BCUT2D eigenvalue weighted by Gasteiger charge is -2.24. The summed E-state index contributed by atoms with van der Waals surface area (Å²) in [6.07, 6.45) is 2.24. The van der Waals surface area contributed by atoms with Crippen LogP contribution in [0.4, 0.5) is 16.4 Å². The summed E-state index contributed by atoms with van der Waals surface area (Å²) < 4.78 is 13.7. The van der Waals surface area contributed by atoms with Gasteiger partial charge in [-0.2, -0.15) is 15.3 Å². The Morgan fingerprint density at radius 2 is 1.85 bits per heavy atom. The number of carbonyl (C=O) groups excluding carboxylic acids is 1. The normalized spacial score (nSPS) is 11.9. The van der Waals surface area contributed by atoms with Crippen molar-refractivity contribution in [2.24, 2.45) is 7.05 Å². The minimum absolute atomic E-state index is 0.0134. The predicted octanol–water partition coefficient (Wildman–Crippen LogP) is 5.29. The van der Waals surface area contributed by atoms with E-state index in [9.17, 15) is 24.8 Å². The fraction of sp³-hybridized carbons (Fsp3) is 0.344. The maximum absolute atomic E-state index is 12.8. The molecule has 1 amide bonds. The molecule has 3 aromatic heterocycles. The number of benzene rings is 1. The van der Waals surface area contributed by atoms with Gasteiger partial charge in [-0.15, -0.1) is 0 Å². The van der Waals surface area contributed by atoms with E-state index in [1.807, 2.05) is 13.8 Å². The molecule has 0 aliphatic carbocycles. The second-order valence-corrected chi connectivity index (χ2v) is 12.3. The van der Waals surface area contributed by atoms with Gasteiger partial charge in [-0.3, -0.25) is 4.79 Å². The van der Waals surface area contributed by atoms with E-state index in [2.05, 4.69) is 26.5 Å². The first-order valence-corrected chi connectivity index (χ1v) is 14.8. The number of carbonyl (C=O) groups is 2. The van der Waals surface area contributed by atoms with Crippen LogP contribution in [0.2, 0.25) is 5.02 Å². The summed E-state index contributed by atoms with van der Waals surface area (Å²) in [7, 11) is 4.38. The van der Waals surface area contributed by atoms with E-state index in [1.54, 1.807) is 58.3 Å². The first-order chi connectivity index (χ1) is 22.1. The first kappa shape index (κ1) is 34.5. The standard InChI is InChI=1S/C32H35ClN8O6/c1-17(2)26-23(24(19-11-9-18(14-34)10-12-19)36-20-13-21(33)28(42)39(6)16-20)25(29(43)44)38-41(26)22-15-35-30(37-27(22)46-8)40(7)31(45)47-32(3,4)5/h9-13,15-17,24,36H,1-8H3,(H,43,44). The van der Waals surface area contributed by atoms with E-state index in [-0.39, 0.29) is 34.2 Å². The van der Waals surface area contributed by atoms with Gasteiger partial charge in [0.1, 0.15) is 16.3 Å². The maximum atomic E-state index is 12.8. The molecular weight excluding hydrogens is 628 g/mol. The van der Waals surface area contributed by atoms with Crippen molar-refractivity contribution in [1.82, 2.24) is 24.3 Å². The Bertz CT molecular complexity index is 1900. The number of pyridine rings is 1. The van der Waals surface area contributed by atoms with Crippen LogP contribution in [0, 0.1) is 11.3 Å². The molecule has 0 saturated heterocycles. The Labute approximate surface area is 276 Å². The van der Waals surface area contributed by atoms with Crippen LogP contribution < -0.4 is 20.5 Å². The average Bonchev–Trinajstić information content (AvgIpc) is 3.42. The van der Waals surface area contributed by atoms with Crippen LogP contribution in [-0.2, 0) is 11.8 Å². The lowest BCUT2D eigenvalue weighted by Crippen LogP contribution is -2.35. The number of aryl methyl sites for hydroxylation is 1. The van der Waals surface area contributed by atoms with Crippen molar-refractivity contribution >= 4 is 35.3 Å². The van der Waals surface area contributed by atoms with Crippen molar-refractivity contribution < 1.29 is 24.2 Å². The zero-order valence-corrected chi connectivity index (χ0v) is 27.9. The van der Waals surface area contributed by atoms with E-state index in [4.69, 9.17) is 21.1 Å². The second-order valence-electron chi connectivity index (χ2n) is 11.9. The number of nitriles is 1. The van der Waals surface area contributed by atoms with Crippen molar-refractivity contribution in [3.05, 3.63) is 86.2 Å². The number of methoxy groups -OCH3 is 1. The van der Waals surface area contributed by atoms with E-state index >= 15 is 0 Å². The Morgan fingerprint density at radius 1 is 1.19 bits per heavy atom. The van der Waals surface area contributed by atoms with Crippen LogP contribution in [0.1, 0.15) is 79.5 Å². The Kier molecular flexibility index (Phi) is 9.91. The number of hydrogen-bond acceptors (Lipinski definition) is 10. The van der Waals surface area contributed by atoms with Crippen LogP contribution in [0.15, 0.2) is 47.5 Å². The molecule has 4 aromatic rings. The van der Waals surface area contributed by atoms with Crippen LogP contribution in [0.5, 0.6) is 5.88 Å². The van der Waals surface area contributed by atoms with Crippen LogP contribution in [0.3, 0.4) is 0 Å². The zero-order chi connectivity index (χ0) is 34.8. The van der Waals surface area contributed by atoms with Gasteiger partial charge in [-0.05, 0) is 50.5 Å². The van der Waals surface area contributed by atoms with Crippen molar-refractivity contribution in [3.63, 3.8) is 0 Å². The number of aromatic carboxylic acids is 1. The number of carboxylic acids is 1. The third kappa shape index (κ3) is 7.36. The van der Waals surface area contributed by atoms with Crippen molar-refractivity contribution in [2.45, 2.75) is 52.2 Å². The molecule has 3 heterocycles. The highest BCUT2D eigenvalue weighted by molar-refractivity contribution is 6.30. The molecule has 0 saturated carbocycles. The largest absolute Gasteiger partial charge is 0.479 e. The number of ether oxygens (including phenoxy) is 2. The number of aromatic nitrogens is 5. The van der Waals surface area contributed by atoms with Gasteiger partial charge in [0.2, 0.25) is 11.8 Å². The minimum atomic E-state index is -1.30. The molecule has 4 rings (SSSR count). The first-order valence-electron chi connectivity index (χ1n) is 14.4. The van der Waals surface area contributed by atoms with Gasteiger partial charge in [-0.1, -0.05) is 37.6 Å². The van der Waals surface area contributed by atoms with E-state index in [1.165, 1.54) is 35.7 Å². The summed E-state index contributed by atoms with van der Waals surface area (Å²) in [6, 6.07) is 9.34. The van der Waals surface area contributed by atoms with Gasteiger partial charge in [-0.25, -0.2) is 24.2 Å². The van der Waals surface area contributed by atoms with Crippen molar-refractivity contribution in [3.8, 4) is 17.6 Å². The van der Waals surface area contributed by atoms with Crippen molar-refractivity contribution in [2.75, 3.05) is 24.4 Å². The summed E-state index contributed by atoms with van der Waals surface area (Å²) in [4.78, 5) is 47.7. The van der Waals surface area contributed by atoms with Gasteiger partial charge >= 0.3 is 12.1 Å². The second kappa shape index (κ2) is 13.5. The predicted molar refractivity (Wildman–Crippen MR) is 175 cm³/mol. The zero-order valence-electron chi connectivity index (χ0n) is 27.2. The molecule has 0 aliphatic rings. The molecule has 246 valence electrons. The Hall–Kier alpha value is -5.42. The van der Waals surface area contributed by atoms with Gasteiger partial charge in [0.15, 0.2) is 5.69 Å². The highest BCUT2D eigenvalue weighted by atomic mass is 35.5. The highest BCUT2D eigenvalue weighted by Gasteiger charge is 2.33. The number of amides is 1. The third-order valence-corrected chi connectivity index (χ3v) is 7.20. The molecule has 1 atom stereocenters. The van der Waals surface area contributed by atoms with Gasteiger partial charge < -0.3 is 24.5 Å². The molecule has 1 aromatic carbocycles. The number of hydrogen-bond donors (Lipinski definition) is 2. The number of carboxylic acid groups (broad SMARTS) is 1. The average molecular weight is 663 g/mol. The molecule has 14 nitrogen and oxygen atoms in total. The van der Waals surface area contributed by atoms with Gasteiger partial charge in [0.25, 0.3) is 5.56 Å². The molecule has 2 N–H and O–H groups in total. The van der Waals surface area contributed by atoms with Crippen molar-refractivity contribution in [1.29, 1.82) is 5.26 Å². The molecule has 15 heteroatoms. The lowest BCUT2D eigenvalue weighted by atomic mass is 9.91. The van der Waals surface area contributed by atoms with E-state index in [0.717, 1.165) is 4.90 Å². The number of nitrogens with one attached hydrogen (secondary N) is 1. The third-order valence-electron chi connectivity index (χ3n) is 6.93. The highest BCUT2D eigenvalue weighted by Crippen LogP contribution is 2.38. The topological polar surface area (TPSA) is 177 Å². The van der Waals surface area contributed by atoms with E-state index in [0.29, 0.717) is 28.1 Å². The van der Waals surface area contributed by atoms with Crippen LogP contribution in [-0.4, -0.2) is 61.2 Å². The number of halogens is 1. The minimum Gasteiger partial charge on any atom is -0.479 e. The molecule has 0 spiro atoms. The fourth-order valence-electron chi connectivity index (χ4n) is 4.83. The summed E-state index contributed by atoms with van der Waals surface area (Å²) in [6.45, 7) is 8.96. The monoisotopic (exact) mass is 662 g/mol. The van der Waals surface area contributed by atoms with Gasteiger partial charge in [0, 0.05) is 25.9 Å². The molecule has 47 heavy (non-hydrogen) atoms. The van der Waals surface area contributed by atoms with Crippen LogP contribution >= 0.6 is 11.6 Å². The quantitative estimate of drug-likeness (QED) is 0.238. The number of nitrogens with zero attached hydrogens (tertiary/aromatic N) is 7. The summed E-state index contributed by atoms with van der Waals surface area (Å²) in [5, 5.41) is 27.7. The molecule has 0 radical (unpaired) electrons. The smallest absolute Gasteiger partial charge is 0.416 e. The molecular formula is C32H35ClN8O6. The number of rotatable bonds is 9. The molecule has 0 aliphatic heterocycles. The molecule has 0 fully saturated rings.